The van der Waals surface area contributed by atoms with E-state index in [0.29, 0.717) is 33.6 Å². The maximum absolute atomic E-state index is 13.0. The van der Waals surface area contributed by atoms with Crippen molar-refractivity contribution in [3.63, 3.8) is 0 Å². The van der Waals surface area contributed by atoms with E-state index in [1.807, 2.05) is 0 Å². The molecule has 0 radical (unpaired) electrons. The molecule has 0 saturated carbocycles. The van der Waals surface area contributed by atoms with Gasteiger partial charge >= 0.3 is 6.03 Å². The van der Waals surface area contributed by atoms with Crippen molar-refractivity contribution in [2.24, 2.45) is 0 Å². The number of hydrogen-bond acceptors (Lipinski definition) is 5. The first-order valence-corrected chi connectivity index (χ1v) is 9.71. The lowest BCUT2D eigenvalue weighted by Gasteiger charge is -2.26. The Morgan fingerprint density at radius 1 is 1.13 bits per heavy atom. The molecule has 2 aromatic carbocycles. The Bertz CT molecular complexity index is 1080. The number of nitrogens with one attached hydrogen (secondary N) is 1. The normalized spacial score (nSPS) is 15.2. The quantitative estimate of drug-likeness (QED) is 0.393. The van der Waals surface area contributed by atoms with Gasteiger partial charge in [0.1, 0.15) is 5.57 Å². The van der Waals surface area contributed by atoms with Crippen LogP contribution in [0.4, 0.5) is 10.5 Å². The molecule has 1 aliphatic rings. The van der Waals surface area contributed by atoms with Crippen molar-refractivity contribution in [3.8, 4) is 11.5 Å². The summed E-state index contributed by atoms with van der Waals surface area (Å²) in [6.07, 6.45) is 3.63. The van der Waals surface area contributed by atoms with Crippen LogP contribution in [0.3, 0.4) is 0 Å². The smallest absolute Gasteiger partial charge is 0.335 e. The van der Waals surface area contributed by atoms with Crippen LogP contribution in [0.2, 0.25) is 0 Å². The van der Waals surface area contributed by atoms with Gasteiger partial charge < -0.3 is 9.47 Å². The average Bonchev–Trinajstić information content (AvgIpc) is 2.71. The number of amides is 4. The van der Waals surface area contributed by atoms with E-state index < -0.39 is 17.8 Å². The van der Waals surface area contributed by atoms with Crippen molar-refractivity contribution < 1.29 is 23.9 Å². The molecular formula is C22H19BrN2O5. The first-order valence-electron chi connectivity index (χ1n) is 8.92. The van der Waals surface area contributed by atoms with Crippen LogP contribution < -0.4 is 19.7 Å². The van der Waals surface area contributed by atoms with Gasteiger partial charge in [0.05, 0.1) is 19.9 Å². The van der Waals surface area contributed by atoms with E-state index in [9.17, 15) is 14.4 Å². The van der Waals surface area contributed by atoms with Crippen molar-refractivity contribution in [1.29, 1.82) is 0 Å². The molecule has 1 fully saturated rings. The molecule has 3 rings (SSSR count). The van der Waals surface area contributed by atoms with E-state index in [0.717, 1.165) is 10.5 Å². The van der Waals surface area contributed by atoms with E-state index >= 15 is 0 Å². The number of allylic oxidation sites excluding steroid dienone is 1. The Labute approximate surface area is 182 Å². The van der Waals surface area contributed by atoms with Crippen LogP contribution in [-0.2, 0) is 16.0 Å². The Balaban J connectivity index is 2.08. The van der Waals surface area contributed by atoms with Crippen LogP contribution >= 0.6 is 15.9 Å². The maximum Gasteiger partial charge on any atom is 0.335 e. The Hall–Kier alpha value is -3.39. The van der Waals surface area contributed by atoms with Crippen molar-refractivity contribution in [2.75, 3.05) is 19.1 Å². The molecule has 0 unspecified atom stereocenters. The number of ether oxygens (including phenoxy) is 2. The van der Waals surface area contributed by atoms with Crippen LogP contribution in [-0.4, -0.2) is 32.1 Å². The zero-order valence-electron chi connectivity index (χ0n) is 16.4. The van der Waals surface area contributed by atoms with Crippen LogP contribution in [0.25, 0.3) is 6.08 Å². The van der Waals surface area contributed by atoms with E-state index in [4.69, 9.17) is 9.47 Å². The molecule has 1 saturated heterocycles. The molecule has 30 heavy (non-hydrogen) atoms. The minimum atomic E-state index is -0.806. The molecule has 154 valence electrons. The van der Waals surface area contributed by atoms with Crippen molar-refractivity contribution in [2.45, 2.75) is 6.42 Å². The van der Waals surface area contributed by atoms with Gasteiger partial charge in [0.2, 0.25) is 0 Å². The number of barbiturate groups is 1. The molecule has 2 aromatic rings. The van der Waals surface area contributed by atoms with Gasteiger partial charge in [-0.2, -0.15) is 0 Å². The lowest BCUT2D eigenvalue weighted by atomic mass is 10.0. The highest BCUT2D eigenvalue weighted by atomic mass is 79.9. The monoisotopic (exact) mass is 470 g/mol. The fraction of sp³-hybridized carbons (Fsp3) is 0.136. The second kappa shape index (κ2) is 8.96. The van der Waals surface area contributed by atoms with Crippen LogP contribution in [0.1, 0.15) is 11.1 Å². The number of anilines is 1. The summed E-state index contributed by atoms with van der Waals surface area (Å²) in [5.74, 6) is -0.490. The Kier molecular flexibility index (Phi) is 6.37. The number of hydrogen-bond donors (Lipinski definition) is 1. The number of carbonyl (C=O) groups excluding carboxylic acids is 3. The fourth-order valence-corrected chi connectivity index (χ4v) is 3.52. The largest absolute Gasteiger partial charge is 0.493 e. The first kappa shape index (κ1) is 21.3. The predicted octanol–water partition coefficient (Wildman–Crippen LogP) is 3.86. The number of imide groups is 2. The molecule has 0 atom stereocenters. The van der Waals surface area contributed by atoms with Gasteiger partial charge in [0.25, 0.3) is 11.8 Å². The van der Waals surface area contributed by atoms with Crippen LogP contribution in [0.5, 0.6) is 11.5 Å². The molecule has 1 N–H and O–H groups in total. The summed E-state index contributed by atoms with van der Waals surface area (Å²) in [7, 11) is 3.03. The van der Waals surface area contributed by atoms with E-state index in [2.05, 4.69) is 27.8 Å². The third-order valence-corrected chi connectivity index (χ3v) is 4.91. The lowest BCUT2D eigenvalue weighted by molar-refractivity contribution is -0.122. The van der Waals surface area contributed by atoms with Crippen molar-refractivity contribution in [3.05, 3.63) is 70.2 Å². The molecule has 1 aliphatic heterocycles. The highest BCUT2D eigenvalue weighted by Gasteiger charge is 2.37. The molecule has 8 heteroatoms. The third-order valence-electron chi connectivity index (χ3n) is 4.42. The number of halogens is 1. The van der Waals surface area contributed by atoms with E-state index in [1.165, 1.54) is 20.3 Å². The third kappa shape index (κ3) is 4.13. The van der Waals surface area contributed by atoms with Gasteiger partial charge in [-0.05, 0) is 48.4 Å². The Morgan fingerprint density at radius 3 is 2.53 bits per heavy atom. The van der Waals surface area contributed by atoms with Gasteiger partial charge in [-0.25, -0.2) is 9.69 Å². The molecule has 4 amide bonds. The molecule has 0 aliphatic carbocycles. The Morgan fingerprint density at radius 2 is 1.90 bits per heavy atom. The number of nitrogens with zero attached hydrogens (tertiary/aromatic N) is 1. The fourth-order valence-electron chi connectivity index (χ4n) is 3.13. The second-order valence-corrected chi connectivity index (χ2v) is 7.26. The molecular weight excluding hydrogens is 452 g/mol. The number of carbonyl (C=O) groups is 3. The van der Waals surface area contributed by atoms with Gasteiger partial charge in [-0.3, -0.25) is 14.9 Å². The number of methoxy groups -OCH3 is 2. The average molecular weight is 471 g/mol. The molecule has 0 bridgehead atoms. The topological polar surface area (TPSA) is 84.9 Å². The number of rotatable bonds is 6. The second-order valence-electron chi connectivity index (χ2n) is 6.35. The van der Waals surface area contributed by atoms with Gasteiger partial charge in [0, 0.05) is 10.0 Å². The minimum absolute atomic E-state index is 0.175. The van der Waals surface area contributed by atoms with Gasteiger partial charge in [-0.1, -0.05) is 28.1 Å². The summed E-state index contributed by atoms with van der Waals surface area (Å²) in [5.41, 5.74) is 1.49. The van der Waals surface area contributed by atoms with Crippen molar-refractivity contribution >= 4 is 45.5 Å². The summed E-state index contributed by atoms with van der Waals surface area (Å²) in [5, 5.41) is 2.21. The zero-order chi connectivity index (χ0) is 21.8. The van der Waals surface area contributed by atoms with Crippen LogP contribution in [0.15, 0.2) is 59.1 Å². The zero-order valence-corrected chi connectivity index (χ0v) is 18.0. The number of urea groups is 1. The molecule has 0 aromatic heterocycles. The van der Waals surface area contributed by atoms with E-state index in [-0.39, 0.29) is 5.57 Å². The highest BCUT2D eigenvalue weighted by molar-refractivity contribution is 9.10. The molecule has 1 heterocycles. The maximum atomic E-state index is 13.0. The number of benzene rings is 2. The van der Waals surface area contributed by atoms with Crippen LogP contribution in [0, 0.1) is 0 Å². The molecule has 0 spiro atoms. The lowest BCUT2D eigenvalue weighted by Crippen LogP contribution is -2.54. The summed E-state index contributed by atoms with van der Waals surface area (Å²) < 4.78 is 11.5. The minimum Gasteiger partial charge on any atom is -0.493 e. The SMILES string of the molecule is C=CCc1cc(C=C2C(=O)NC(=O)N(c3cccc(Br)c3)C2=O)cc(OC)c1OC. The van der Waals surface area contributed by atoms with Gasteiger partial charge in [0.15, 0.2) is 11.5 Å². The summed E-state index contributed by atoms with van der Waals surface area (Å²) in [6.45, 7) is 3.74. The summed E-state index contributed by atoms with van der Waals surface area (Å²) in [4.78, 5) is 38.7. The molecule has 7 nitrogen and oxygen atoms in total. The standard InChI is InChI=1S/C22H19BrN2O5/c1-4-6-14-9-13(11-18(29-2)19(14)30-3)10-17-20(26)24-22(28)25(21(17)27)16-8-5-7-15(23)12-16/h4-5,7-12H,1,6H2,2-3H3,(H,24,26,28). The summed E-state index contributed by atoms with van der Waals surface area (Å²) >= 11 is 3.32. The van der Waals surface area contributed by atoms with Gasteiger partial charge in [-0.15, -0.1) is 6.58 Å². The predicted molar refractivity (Wildman–Crippen MR) is 117 cm³/mol. The highest BCUT2D eigenvalue weighted by Crippen LogP contribution is 2.34. The van der Waals surface area contributed by atoms with E-state index in [1.54, 1.807) is 42.5 Å². The van der Waals surface area contributed by atoms with Crippen molar-refractivity contribution in [1.82, 2.24) is 5.32 Å². The first-order chi connectivity index (χ1) is 14.4. The summed E-state index contributed by atoms with van der Waals surface area (Å²) in [6, 6.07) is 9.30.